The largest absolute Gasteiger partial charge is 0.456 e. The Hall–Kier alpha value is -7.62. The molecule has 0 radical (unpaired) electrons. The van der Waals surface area contributed by atoms with Crippen molar-refractivity contribution in [3.63, 3.8) is 0 Å². The number of hydrogen-bond donors (Lipinski definition) is 0. The van der Waals surface area contributed by atoms with Gasteiger partial charge in [-0.2, -0.15) is 0 Å². The van der Waals surface area contributed by atoms with Gasteiger partial charge in [0.15, 0.2) is 5.58 Å². The van der Waals surface area contributed by atoms with E-state index in [0.717, 1.165) is 72.1 Å². The zero-order valence-electron chi connectivity index (χ0n) is 33.8. The van der Waals surface area contributed by atoms with E-state index < -0.39 is 5.41 Å². The lowest BCUT2D eigenvalue weighted by Crippen LogP contribution is -2.40. The molecule has 13 rings (SSSR count). The molecule has 11 aromatic rings. The Morgan fingerprint density at radius 3 is 1.67 bits per heavy atom. The topological polar surface area (TPSA) is 29.5 Å². The summed E-state index contributed by atoms with van der Waals surface area (Å²) in [4.78, 5) is 2.40. The van der Waals surface area contributed by atoms with Crippen molar-refractivity contribution in [1.29, 1.82) is 0 Å². The molecule has 2 aromatic heterocycles. The van der Waals surface area contributed by atoms with Crippen molar-refractivity contribution in [2.24, 2.45) is 0 Å². The van der Waals surface area contributed by atoms with Crippen LogP contribution in [0, 0.1) is 0 Å². The monoisotopic (exact) mass is 781 g/mol. The minimum atomic E-state index is -0.516. The number of para-hydroxylation sites is 3. The van der Waals surface area contributed by atoms with Gasteiger partial charge in [0.1, 0.15) is 16.7 Å². The van der Waals surface area contributed by atoms with E-state index in [1.807, 2.05) is 18.2 Å². The normalized spacial score (nSPS) is 14.3. The molecule has 9 aromatic carbocycles. The number of hydrogen-bond acceptors (Lipinski definition) is 3. The van der Waals surface area contributed by atoms with Crippen LogP contribution in [-0.4, -0.2) is 0 Å². The van der Waals surface area contributed by atoms with Gasteiger partial charge in [0.2, 0.25) is 0 Å². The van der Waals surface area contributed by atoms with Crippen LogP contribution in [0.5, 0.6) is 0 Å². The van der Waals surface area contributed by atoms with E-state index in [-0.39, 0.29) is 5.41 Å². The average Bonchev–Trinajstić information content (AvgIpc) is 3.98. The summed E-state index contributed by atoms with van der Waals surface area (Å²) in [7, 11) is 0. The van der Waals surface area contributed by atoms with Gasteiger partial charge in [0, 0.05) is 38.3 Å². The van der Waals surface area contributed by atoms with Gasteiger partial charge in [-0.3, -0.25) is 0 Å². The molecule has 61 heavy (non-hydrogen) atoms. The third-order valence-corrected chi connectivity index (χ3v) is 13.8. The number of benzene rings is 9. The smallest absolute Gasteiger partial charge is 0.159 e. The van der Waals surface area contributed by atoms with E-state index in [1.165, 1.54) is 44.5 Å². The maximum Gasteiger partial charge on any atom is 0.159 e. The lowest BCUT2D eigenvalue weighted by molar-refractivity contribution is 0.563. The van der Waals surface area contributed by atoms with Gasteiger partial charge < -0.3 is 13.7 Å². The van der Waals surface area contributed by atoms with E-state index in [0.29, 0.717) is 0 Å². The predicted octanol–water partition coefficient (Wildman–Crippen LogP) is 15.6. The first-order valence-electron chi connectivity index (χ1n) is 21.2. The van der Waals surface area contributed by atoms with Gasteiger partial charge in [-0.15, -0.1) is 0 Å². The van der Waals surface area contributed by atoms with E-state index in [4.69, 9.17) is 8.83 Å². The van der Waals surface area contributed by atoms with Crippen LogP contribution in [-0.2, 0) is 10.8 Å². The Balaban J connectivity index is 1.08. The first-order valence-corrected chi connectivity index (χ1v) is 21.2. The van der Waals surface area contributed by atoms with E-state index in [2.05, 4.69) is 201 Å². The number of rotatable bonds is 4. The van der Waals surface area contributed by atoms with Crippen molar-refractivity contribution in [3.05, 3.63) is 234 Å². The van der Waals surface area contributed by atoms with Crippen LogP contribution in [0.2, 0.25) is 0 Å². The minimum Gasteiger partial charge on any atom is -0.456 e. The third kappa shape index (κ3) is 4.58. The lowest BCUT2D eigenvalue weighted by Gasteiger charge is -2.47. The van der Waals surface area contributed by atoms with Crippen molar-refractivity contribution < 1.29 is 8.83 Å². The SMILES string of the molecule is CC1(C)c2ccccc2C2(c3ccccc3-c3ccccc32)c2cc(N(c3ccc(-c4cccc5oc6ccccc6c45)cc3)c3cccc4c3oc3ccccc34)ccc21. The summed E-state index contributed by atoms with van der Waals surface area (Å²) in [5.41, 5.74) is 18.7. The van der Waals surface area contributed by atoms with Crippen molar-refractivity contribution in [1.82, 2.24) is 0 Å². The fourth-order valence-electron chi connectivity index (χ4n) is 11.1. The van der Waals surface area contributed by atoms with Crippen molar-refractivity contribution in [3.8, 4) is 22.3 Å². The summed E-state index contributed by atoms with van der Waals surface area (Å²) in [6.45, 7) is 4.78. The van der Waals surface area contributed by atoms with E-state index >= 15 is 0 Å². The quantitative estimate of drug-likeness (QED) is 0.178. The third-order valence-electron chi connectivity index (χ3n) is 13.8. The van der Waals surface area contributed by atoms with Crippen molar-refractivity contribution in [2.75, 3.05) is 4.90 Å². The minimum absolute atomic E-state index is 0.244. The molecule has 0 atom stereocenters. The van der Waals surface area contributed by atoms with Crippen molar-refractivity contribution >= 4 is 60.9 Å². The number of anilines is 3. The predicted molar refractivity (Wildman–Crippen MR) is 251 cm³/mol. The highest BCUT2D eigenvalue weighted by Crippen LogP contribution is 2.62. The molecule has 0 fully saturated rings. The fourth-order valence-corrected chi connectivity index (χ4v) is 11.1. The Kier molecular flexibility index (Phi) is 6.99. The van der Waals surface area contributed by atoms with E-state index in [9.17, 15) is 0 Å². The van der Waals surface area contributed by atoms with Gasteiger partial charge >= 0.3 is 0 Å². The zero-order chi connectivity index (χ0) is 40.5. The van der Waals surface area contributed by atoms with Crippen LogP contribution < -0.4 is 4.90 Å². The van der Waals surface area contributed by atoms with Crippen LogP contribution in [0.15, 0.2) is 209 Å². The van der Waals surface area contributed by atoms with Gasteiger partial charge in [-0.05, 0) is 104 Å². The molecular formula is C58H39NO2. The molecule has 0 bridgehead atoms. The summed E-state index contributed by atoms with van der Waals surface area (Å²) in [5, 5.41) is 4.46. The first kappa shape index (κ1) is 34.3. The summed E-state index contributed by atoms with van der Waals surface area (Å²) < 4.78 is 13.1. The Labute approximate surface area is 353 Å². The molecule has 0 saturated heterocycles. The second-order valence-corrected chi connectivity index (χ2v) is 17.2. The fraction of sp³-hybridized carbons (Fsp3) is 0.0690. The van der Waals surface area contributed by atoms with Gasteiger partial charge in [-0.1, -0.05) is 166 Å². The van der Waals surface area contributed by atoms with Crippen LogP contribution in [0.1, 0.15) is 47.2 Å². The molecule has 0 amide bonds. The highest BCUT2D eigenvalue weighted by Gasteiger charge is 2.53. The molecule has 2 aliphatic carbocycles. The second kappa shape index (κ2) is 12.5. The molecule has 288 valence electrons. The maximum absolute atomic E-state index is 6.81. The van der Waals surface area contributed by atoms with E-state index in [1.54, 1.807) is 0 Å². The van der Waals surface area contributed by atoms with Crippen molar-refractivity contribution in [2.45, 2.75) is 24.7 Å². The number of furan rings is 2. The summed E-state index contributed by atoms with van der Waals surface area (Å²) in [5.74, 6) is 0. The Morgan fingerprint density at radius 2 is 0.918 bits per heavy atom. The summed E-state index contributed by atoms with van der Waals surface area (Å²) in [6.07, 6.45) is 0. The molecular weight excluding hydrogens is 743 g/mol. The molecule has 2 aliphatic rings. The molecule has 0 N–H and O–H groups in total. The standard InChI is InChI=1S/C58H39NO2/c1-57(2)47-23-9-10-24-49(47)58(45-21-7-3-15-40(45)41-16-4-8-22-46(41)58)50-35-38(33-34-48(50)57)59(51-25-13-20-43-42-17-5-11-26-52(42)61-56(43)51)37-31-29-36(30-32-37)39-19-14-28-54-55(39)44-18-6-12-27-53(44)60-54/h3-35H,1-2H3. The highest BCUT2D eigenvalue weighted by atomic mass is 16.3. The lowest BCUT2D eigenvalue weighted by atomic mass is 9.55. The van der Waals surface area contributed by atoms with Gasteiger partial charge in [-0.25, -0.2) is 0 Å². The Morgan fingerprint density at radius 1 is 0.377 bits per heavy atom. The van der Waals surface area contributed by atoms with Gasteiger partial charge in [0.25, 0.3) is 0 Å². The van der Waals surface area contributed by atoms with Crippen LogP contribution in [0.25, 0.3) is 66.1 Å². The number of fused-ring (bicyclic) bond motifs is 15. The highest BCUT2D eigenvalue weighted by molar-refractivity contribution is 6.13. The molecule has 0 saturated carbocycles. The average molecular weight is 782 g/mol. The molecule has 3 heteroatoms. The van der Waals surface area contributed by atoms with Gasteiger partial charge in [0.05, 0.1) is 11.1 Å². The van der Waals surface area contributed by atoms with Crippen LogP contribution in [0.3, 0.4) is 0 Å². The Bertz CT molecular complexity index is 3540. The molecule has 2 heterocycles. The molecule has 0 unspecified atom stereocenters. The molecule has 1 spiro atoms. The zero-order valence-corrected chi connectivity index (χ0v) is 33.8. The first-order chi connectivity index (χ1) is 30.0. The van der Waals surface area contributed by atoms with Crippen LogP contribution in [0.4, 0.5) is 17.1 Å². The molecule has 3 nitrogen and oxygen atoms in total. The molecule has 0 aliphatic heterocycles. The van der Waals surface area contributed by atoms with Crippen LogP contribution >= 0.6 is 0 Å². The summed E-state index contributed by atoms with van der Waals surface area (Å²) in [6, 6.07) is 73.0. The summed E-state index contributed by atoms with van der Waals surface area (Å²) >= 11 is 0. The second-order valence-electron chi connectivity index (χ2n) is 17.2. The maximum atomic E-state index is 6.81. The number of nitrogens with zero attached hydrogens (tertiary/aromatic N) is 1.